The number of anilines is 1. The number of esters is 1. The van der Waals surface area contributed by atoms with Crippen LogP contribution in [-0.2, 0) is 9.47 Å². The first-order valence-corrected chi connectivity index (χ1v) is 6.19. The minimum atomic E-state index is -0.640. The molecule has 0 aliphatic heterocycles. The molecule has 0 radical (unpaired) electrons. The molecule has 0 unspecified atom stereocenters. The van der Waals surface area contributed by atoms with E-state index in [0.29, 0.717) is 5.69 Å². The Kier molecular flexibility index (Phi) is 5.18. The molecule has 1 rings (SSSR count). The summed E-state index contributed by atoms with van der Waals surface area (Å²) >= 11 is 5.34. The normalized spacial score (nSPS) is 10.7. The Hall–Kier alpha value is -1.75. The van der Waals surface area contributed by atoms with E-state index in [1.807, 2.05) is 0 Å². The van der Waals surface area contributed by atoms with E-state index in [9.17, 15) is 9.59 Å². The van der Waals surface area contributed by atoms with Gasteiger partial charge in [-0.25, -0.2) is 9.59 Å². The van der Waals surface area contributed by atoms with Crippen LogP contribution in [0, 0.1) is 0 Å². The second-order valence-electron chi connectivity index (χ2n) is 4.71. The van der Waals surface area contributed by atoms with E-state index >= 15 is 0 Å². The molecule has 5 nitrogen and oxygen atoms in total. The lowest BCUT2D eigenvalue weighted by atomic mass is 10.2. The maximum Gasteiger partial charge on any atom is 0.412 e. The van der Waals surface area contributed by atoms with Crippen LogP contribution in [0.3, 0.4) is 0 Å². The third-order valence-electron chi connectivity index (χ3n) is 1.97. The summed E-state index contributed by atoms with van der Waals surface area (Å²) in [6, 6.07) is 6.20. The number of halogens is 1. The second-order valence-corrected chi connectivity index (χ2v) is 4.93. The number of carbonyl (C=O) groups excluding carboxylic acids is 2. The third kappa shape index (κ3) is 5.18. The molecule has 0 atom stereocenters. The van der Waals surface area contributed by atoms with Crippen molar-refractivity contribution < 1.29 is 19.1 Å². The van der Waals surface area contributed by atoms with Gasteiger partial charge in [0.2, 0.25) is 0 Å². The molecule has 0 spiro atoms. The van der Waals surface area contributed by atoms with Crippen molar-refractivity contribution in [2.45, 2.75) is 26.4 Å². The summed E-state index contributed by atoms with van der Waals surface area (Å²) in [7, 11) is 0. The van der Waals surface area contributed by atoms with Gasteiger partial charge in [0.15, 0.2) is 6.07 Å². The van der Waals surface area contributed by atoms with Gasteiger partial charge in [-0.15, -0.1) is 0 Å². The van der Waals surface area contributed by atoms with Crippen molar-refractivity contribution in [2.75, 3.05) is 11.4 Å². The van der Waals surface area contributed by atoms with Crippen molar-refractivity contribution in [3.8, 4) is 0 Å². The quantitative estimate of drug-likeness (QED) is 0.683. The van der Waals surface area contributed by atoms with Crippen molar-refractivity contribution in [3.05, 3.63) is 29.8 Å². The predicted octanol–water partition coefficient (Wildman–Crippen LogP) is 3.39. The van der Waals surface area contributed by atoms with Gasteiger partial charge in [0.1, 0.15) is 5.60 Å². The first-order chi connectivity index (χ1) is 8.83. The first-order valence-electron chi connectivity index (χ1n) is 5.65. The number of carbonyl (C=O) groups is 2. The minimum Gasteiger partial charge on any atom is -0.446 e. The summed E-state index contributed by atoms with van der Waals surface area (Å²) in [5, 5.41) is 2.50. The Labute approximate surface area is 116 Å². The van der Waals surface area contributed by atoms with Crippen molar-refractivity contribution in [1.29, 1.82) is 0 Å². The van der Waals surface area contributed by atoms with Crippen LogP contribution < -0.4 is 5.32 Å². The maximum atomic E-state index is 11.6. The van der Waals surface area contributed by atoms with E-state index in [-0.39, 0.29) is 11.6 Å². The standard InChI is InChI=1S/C13H16ClNO4/c1-13(2,3)19-12(17)15-10-7-5-4-6-9(10)11(16)18-8-14/h4-7H,8H2,1-3H3,(H,15,17). The Balaban J connectivity index is 2.84. The molecule has 0 fully saturated rings. The van der Waals surface area contributed by atoms with Crippen LogP contribution in [0.1, 0.15) is 31.1 Å². The largest absolute Gasteiger partial charge is 0.446 e. The Morgan fingerprint density at radius 3 is 2.47 bits per heavy atom. The number of hydrogen-bond acceptors (Lipinski definition) is 4. The fourth-order valence-electron chi connectivity index (χ4n) is 1.31. The molecule has 1 aromatic carbocycles. The van der Waals surface area contributed by atoms with Gasteiger partial charge in [-0.1, -0.05) is 23.7 Å². The number of hydrogen-bond donors (Lipinski definition) is 1. The van der Waals surface area contributed by atoms with E-state index in [1.54, 1.807) is 39.0 Å². The highest BCUT2D eigenvalue weighted by molar-refractivity contribution is 6.18. The summed E-state index contributed by atoms with van der Waals surface area (Å²) in [6.45, 7) is 5.25. The number of alkyl halides is 1. The molecule has 0 saturated heterocycles. The van der Waals surface area contributed by atoms with Crippen molar-refractivity contribution in [1.82, 2.24) is 0 Å². The zero-order valence-corrected chi connectivity index (χ0v) is 11.8. The average molecular weight is 286 g/mol. The van der Waals surface area contributed by atoms with Crippen LogP contribution in [0.4, 0.5) is 10.5 Å². The van der Waals surface area contributed by atoms with Gasteiger partial charge >= 0.3 is 12.1 Å². The molecule has 19 heavy (non-hydrogen) atoms. The highest BCUT2D eigenvalue weighted by Crippen LogP contribution is 2.18. The number of rotatable bonds is 3. The van der Waals surface area contributed by atoms with Crippen LogP contribution in [-0.4, -0.2) is 23.7 Å². The second kappa shape index (κ2) is 6.43. The number of ether oxygens (including phenoxy) is 2. The average Bonchev–Trinajstić information content (AvgIpc) is 2.27. The molecule has 1 N–H and O–H groups in total. The molecule has 6 heteroatoms. The van der Waals surface area contributed by atoms with Crippen LogP contribution in [0.5, 0.6) is 0 Å². The van der Waals surface area contributed by atoms with Gasteiger partial charge in [0.05, 0.1) is 11.3 Å². The van der Waals surface area contributed by atoms with Crippen LogP contribution in [0.25, 0.3) is 0 Å². The predicted molar refractivity (Wildman–Crippen MR) is 72.4 cm³/mol. The molecule has 1 amide bonds. The summed E-state index contributed by atoms with van der Waals surface area (Å²) in [5.41, 5.74) is -0.0868. The number of amides is 1. The van der Waals surface area contributed by atoms with Gasteiger partial charge in [-0.3, -0.25) is 5.32 Å². The summed E-state index contributed by atoms with van der Waals surface area (Å²) in [6.07, 6.45) is -0.640. The highest BCUT2D eigenvalue weighted by atomic mass is 35.5. The minimum absolute atomic E-state index is 0.217. The lowest BCUT2D eigenvalue weighted by Gasteiger charge is -2.20. The Morgan fingerprint density at radius 1 is 1.26 bits per heavy atom. The van der Waals surface area contributed by atoms with Gasteiger partial charge < -0.3 is 9.47 Å². The van der Waals surface area contributed by atoms with Crippen molar-refractivity contribution >= 4 is 29.4 Å². The van der Waals surface area contributed by atoms with Gasteiger partial charge in [0, 0.05) is 0 Å². The highest BCUT2D eigenvalue weighted by Gasteiger charge is 2.19. The summed E-state index contributed by atoms with van der Waals surface area (Å²) < 4.78 is 9.79. The molecule has 0 aromatic heterocycles. The van der Waals surface area contributed by atoms with Crippen LogP contribution in [0.15, 0.2) is 24.3 Å². The van der Waals surface area contributed by atoms with E-state index < -0.39 is 17.7 Å². The van der Waals surface area contributed by atoms with Crippen molar-refractivity contribution in [2.24, 2.45) is 0 Å². The lowest BCUT2D eigenvalue weighted by Crippen LogP contribution is -2.27. The van der Waals surface area contributed by atoms with E-state index in [4.69, 9.17) is 16.3 Å². The van der Waals surface area contributed by atoms with E-state index in [0.717, 1.165) is 0 Å². The maximum absolute atomic E-state index is 11.6. The fraction of sp³-hybridized carbons (Fsp3) is 0.385. The summed E-state index contributed by atoms with van der Waals surface area (Å²) in [4.78, 5) is 23.3. The number of benzene rings is 1. The zero-order valence-electron chi connectivity index (χ0n) is 11.0. The van der Waals surface area contributed by atoms with Gasteiger partial charge in [0.25, 0.3) is 0 Å². The van der Waals surface area contributed by atoms with Crippen LogP contribution >= 0.6 is 11.6 Å². The topological polar surface area (TPSA) is 64.6 Å². The summed E-state index contributed by atoms with van der Waals surface area (Å²) in [5.74, 6) is -0.610. The van der Waals surface area contributed by atoms with Gasteiger partial charge in [-0.05, 0) is 32.9 Å². The third-order valence-corrected chi connectivity index (χ3v) is 2.08. The molecule has 0 bridgehead atoms. The van der Waals surface area contributed by atoms with Crippen LogP contribution in [0.2, 0.25) is 0 Å². The molecule has 0 aliphatic carbocycles. The number of para-hydroxylation sites is 1. The zero-order chi connectivity index (χ0) is 14.5. The monoisotopic (exact) mass is 285 g/mol. The SMILES string of the molecule is CC(C)(C)OC(=O)Nc1ccccc1C(=O)OCCl. The van der Waals surface area contributed by atoms with Gasteiger partial charge in [-0.2, -0.15) is 0 Å². The van der Waals surface area contributed by atoms with Crippen molar-refractivity contribution in [3.63, 3.8) is 0 Å². The first kappa shape index (κ1) is 15.3. The molecule has 104 valence electrons. The molecular weight excluding hydrogens is 270 g/mol. The van der Waals surface area contributed by atoms with E-state index in [2.05, 4.69) is 10.1 Å². The fourth-order valence-corrected chi connectivity index (χ4v) is 1.41. The number of nitrogens with one attached hydrogen (secondary N) is 1. The Morgan fingerprint density at radius 2 is 1.89 bits per heavy atom. The molecule has 1 aromatic rings. The molecule has 0 aliphatic rings. The Bertz CT molecular complexity index is 468. The smallest absolute Gasteiger partial charge is 0.412 e. The van der Waals surface area contributed by atoms with E-state index in [1.165, 1.54) is 6.07 Å². The lowest BCUT2D eigenvalue weighted by molar-refractivity contribution is 0.0575. The molecule has 0 saturated carbocycles. The molecule has 0 heterocycles. The molecular formula is C13H16ClNO4.